The van der Waals surface area contributed by atoms with Crippen molar-refractivity contribution >= 4 is 28.5 Å². The van der Waals surface area contributed by atoms with Crippen LogP contribution in [0, 0.1) is 5.82 Å². The summed E-state index contributed by atoms with van der Waals surface area (Å²) in [5.74, 6) is 1.93. The summed E-state index contributed by atoms with van der Waals surface area (Å²) in [6.45, 7) is 12.6. The number of hydrogen-bond donors (Lipinski definition) is 1. The number of pyridine rings is 1. The molecule has 0 amide bonds. The van der Waals surface area contributed by atoms with Crippen molar-refractivity contribution in [3.8, 4) is 11.5 Å². The van der Waals surface area contributed by atoms with E-state index in [1.54, 1.807) is 18.3 Å². The van der Waals surface area contributed by atoms with Gasteiger partial charge >= 0.3 is 0 Å². The summed E-state index contributed by atoms with van der Waals surface area (Å²) in [7, 11) is 1.93. The van der Waals surface area contributed by atoms with E-state index in [0.717, 1.165) is 42.9 Å². The van der Waals surface area contributed by atoms with Gasteiger partial charge in [-0.3, -0.25) is 19.6 Å². The second-order valence-corrected chi connectivity index (χ2v) is 11.4. The third-order valence-electron chi connectivity index (χ3n) is 7.67. The molecule has 5 rings (SSSR count). The van der Waals surface area contributed by atoms with Crippen LogP contribution in [-0.4, -0.2) is 68.9 Å². The summed E-state index contributed by atoms with van der Waals surface area (Å²) in [6, 6.07) is 14.9. The van der Waals surface area contributed by atoms with Crippen LogP contribution in [0.4, 0.5) is 16.0 Å². The Balaban J connectivity index is 1.23. The molecule has 1 aliphatic heterocycles. The van der Waals surface area contributed by atoms with Gasteiger partial charge in [-0.25, -0.2) is 9.37 Å². The molecule has 0 saturated carbocycles. The molecule has 0 spiro atoms. The van der Waals surface area contributed by atoms with E-state index in [2.05, 4.69) is 33.9 Å². The minimum Gasteiger partial charge on any atom is -0.457 e. The number of anilines is 2. The first-order valence-electron chi connectivity index (χ1n) is 14.3. The predicted molar refractivity (Wildman–Crippen MR) is 161 cm³/mol. The third kappa shape index (κ3) is 6.92. The largest absolute Gasteiger partial charge is 0.457 e. The van der Waals surface area contributed by atoms with Crippen molar-refractivity contribution in [1.82, 2.24) is 24.3 Å². The van der Waals surface area contributed by atoms with Gasteiger partial charge in [-0.1, -0.05) is 13.8 Å². The average Bonchev–Trinajstić information content (AvgIpc) is 3.24. The minimum absolute atomic E-state index is 0.0782. The van der Waals surface area contributed by atoms with E-state index in [1.165, 1.54) is 6.07 Å². The Hall–Kier alpha value is -3.82. The maximum Gasteiger partial charge on any atom is 0.208 e. The van der Waals surface area contributed by atoms with Crippen LogP contribution in [0.5, 0.6) is 11.5 Å². The first kappa shape index (κ1) is 28.7. The maximum atomic E-state index is 14.2. The van der Waals surface area contributed by atoms with E-state index in [4.69, 9.17) is 9.72 Å². The highest BCUT2D eigenvalue weighted by Crippen LogP contribution is 2.29. The molecule has 0 aliphatic carbocycles. The molecule has 4 aromatic rings. The van der Waals surface area contributed by atoms with Crippen LogP contribution in [0.1, 0.15) is 44.9 Å². The van der Waals surface area contributed by atoms with Gasteiger partial charge in [-0.05, 0) is 61.7 Å². The number of imidazole rings is 1. The standard InChI is InChI=1S/C32H39FN6O2/c1-21(2)28-18-23(6-8-29(28)33)35-32-36-30-19-26(7-9-31(30)37(32)5)41-27-10-11-34-24(17-27)16-25(40)20-38-12-14-39(15-13-38)22(3)4/h6-11,17-19,21-22H,12-16,20H2,1-5H3,(H,35,36). The van der Waals surface area contributed by atoms with Crippen LogP contribution in [-0.2, 0) is 18.3 Å². The van der Waals surface area contributed by atoms with Gasteiger partial charge in [0.2, 0.25) is 5.95 Å². The summed E-state index contributed by atoms with van der Waals surface area (Å²) < 4.78 is 22.3. The molecule has 0 radical (unpaired) electrons. The number of halogens is 1. The van der Waals surface area contributed by atoms with E-state index in [9.17, 15) is 9.18 Å². The van der Waals surface area contributed by atoms with Gasteiger partial charge in [0.25, 0.3) is 0 Å². The lowest BCUT2D eigenvalue weighted by atomic mass is 10.0. The van der Waals surface area contributed by atoms with Gasteiger partial charge in [0, 0.05) is 63.3 Å². The van der Waals surface area contributed by atoms with Gasteiger partial charge in [-0.2, -0.15) is 0 Å². The summed E-state index contributed by atoms with van der Waals surface area (Å²) in [6.07, 6.45) is 1.95. The number of benzene rings is 2. The summed E-state index contributed by atoms with van der Waals surface area (Å²) in [5, 5.41) is 3.31. The van der Waals surface area contributed by atoms with E-state index >= 15 is 0 Å². The van der Waals surface area contributed by atoms with Crippen molar-refractivity contribution < 1.29 is 13.9 Å². The smallest absolute Gasteiger partial charge is 0.208 e. The van der Waals surface area contributed by atoms with Gasteiger partial charge in [0.05, 0.1) is 29.7 Å². The zero-order valence-corrected chi connectivity index (χ0v) is 24.5. The van der Waals surface area contributed by atoms with Crippen molar-refractivity contribution in [2.45, 2.75) is 46.1 Å². The van der Waals surface area contributed by atoms with Crippen LogP contribution < -0.4 is 10.1 Å². The Bertz CT molecular complexity index is 1520. The molecule has 216 valence electrons. The molecule has 3 heterocycles. The van der Waals surface area contributed by atoms with Crippen molar-refractivity contribution in [3.63, 3.8) is 0 Å². The van der Waals surface area contributed by atoms with E-state index in [-0.39, 0.29) is 23.9 Å². The number of ether oxygens (including phenoxy) is 1. The van der Waals surface area contributed by atoms with Crippen LogP contribution >= 0.6 is 0 Å². The van der Waals surface area contributed by atoms with Gasteiger partial charge in [0.15, 0.2) is 5.78 Å². The number of fused-ring (bicyclic) bond motifs is 1. The molecule has 41 heavy (non-hydrogen) atoms. The lowest BCUT2D eigenvalue weighted by molar-refractivity contribution is -0.120. The van der Waals surface area contributed by atoms with Gasteiger partial charge in [-0.15, -0.1) is 0 Å². The van der Waals surface area contributed by atoms with Crippen molar-refractivity contribution in [2.75, 3.05) is 38.0 Å². The number of Topliss-reactive ketones (excluding diaryl/α,β-unsaturated/α-hetero) is 1. The summed E-state index contributed by atoms with van der Waals surface area (Å²) in [5.41, 5.74) is 3.83. The second kappa shape index (κ2) is 12.4. The van der Waals surface area contributed by atoms with Gasteiger partial charge in [0.1, 0.15) is 17.3 Å². The van der Waals surface area contributed by atoms with E-state index in [1.807, 2.05) is 55.8 Å². The molecule has 2 aromatic carbocycles. The number of carbonyl (C=O) groups excluding carboxylic acids is 1. The Morgan fingerprint density at radius 2 is 1.76 bits per heavy atom. The minimum atomic E-state index is -0.207. The SMILES string of the molecule is CC(C)c1cc(Nc2nc3cc(Oc4ccnc(CC(=O)CN5CCN(C(C)C)CC5)c4)ccc3n2C)ccc1F. The Kier molecular flexibility index (Phi) is 8.65. The van der Waals surface area contributed by atoms with Gasteiger partial charge < -0.3 is 14.6 Å². The van der Waals surface area contributed by atoms with E-state index in [0.29, 0.717) is 41.3 Å². The fourth-order valence-corrected chi connectivity index (χ4v) is 5.25. The first-order valence-corrected chi connectivity index (χ1v) is 14.3. The fraction of sp³-hybridized carbons (Fsp3) is 0.406. The van der Waals surface area contributed by atoms with E-state index < -0.39 is 0 Å². The maximum absolute atomic E-state index is 14.2. The molecule has 0 atom stereocenters. The van der Waals surface area contributed by atoms with Crippen LogP contribution in [0.15, 0.2) is 54.7 Å². The number of aryl methyl sites for hydroxylation is 1. The monoisotopic (exact) mass is 558 g/mol. The van der Waals surface area contributed by atoms with Crippen LogP contribution in [0.25, 0.3) is 11.0 Å². The molecular weight excluding hydrogens is 519 g/mol. The average molecular weight is 559 g/mol. The lowest BCUT2D eigenvalue weighted by Crippen LogP contribution is -2.50. The Morgan fingerprint density at radius 3 is 2.49 bits per heavy atom. The normalized spacial score (nSPS) is 14.7. The van der Waals surface area contributed by atoms with Crippen molar-refractivity contribution in [2.24, 2.45) is 7.05 Å². The highest BCUT2D eigenvalue weighted by Gasteiger charge is 2.21. The topological polar surface area (TPSA) is 75.5 Å². The molecule has 1 fully saturated rings. The predicted octanol–water partition coefficient (Wildman–Crippen LogP) is 5.90. The highest BCUT2D eigenvalue weighted by molar-refractivity contribution is 5.83. The summed E-state index contributed by atoms with van der Waals surface area (Å²) in [4.78, 5) is 26.6. The number of piperazine rings is 1. The van der Waals surface area contributed by atoms with Crippen LogP contribution in [0.3, 0.4) is 0 Å². The molecule has 1 aliphatic rings. The third-order valence-corrected chi connectivity index (χ3v) is 7.67. The number of ketones is 1. The molecule has 9 heteroatoms. The number of hydrogen-bond acceptors (Lipinski definition) is 7. The number of nitrogens with one attached hydrogen (secondary N) is 1. The molecule has 0 bridgehead atoms. The van der Waals surface area contributed by atoms with Crippen molar-refractivity contribution in [3.05, 3.63) is 71.8 Å². The molecule has 1 saturated heterocycles. The van der Waals surface area contributed by atoms with Crippen LogP contribution in [0.2, 0.25) is 0 Å². The number of carbonyl (C=O) groups is 1. The van der Waals surface area contributed by atoms with Crippen molar-refractivity contribution in [1.29, 1.82) is 0 Å². The number of aromatic nitrogens is 3. The molecule has 0 unspecified atom stereocenters. The number of rotatable bonds is 10. The number of nitrogens with zero attached hydrogens (tertiary/aromatic N) is 5. The Morgan fingerprint density at radius 1 is 1.00 bits per heavy atom. The quantitative estimate of drug-likeness (QED) is 0.260. The lowest BCUT2D eigenvalue weighted by Gasteiger charge is -2.36. The first-order chi connectivity index (χ1) is 19.7. The zero-order valence-electron chi connectivity index (χ0n) is 24.5. The molecule has 8 nitrogen and oxygen atoms in total. The summed E-state index contributed by atoms with van der Waals surface area (Å²) >= 11 is 0. The molecule has 2 aromatic heterocycles. The fourth-order valence-electron chi connectivity index (χ4n) is 5.25. The zero-order chi connectivity index (χ0) is 29.1. The second-order valence-electron chi connectivity index (χ2n) is 11.4. The molecule has 1 N–H and O–H groups in total. The highest BCUT2D eigenvalue weighted by atomic mass is 19.1. The molecular formula is C32H39FN6O2. The Labute approximate surface area is 241 Å².